The maximum absolute atomic E-state index is 12.4. The van der Waals surface area contributed by atoms with E-state index in [1.165, 1.54) is 11.1 Å². The number of carbonyl (C=O) groups excluding carboxylic acids is 1. The quantitative estimate of drug-likeness (QED) is 0.717. The largest absolute Gasteiger partial charge is 0.347 e. The Labute approximate surface area is 142 Å². The van der Waals surface area contributed by atoms with Gasteiger partial charge in [0.25, 0.3) is 5.91 Å². The van der Waals surface area contributed by atoms with Crippen molar-refractivity contribution in [1.29, 1.82) is 0 Å². The van der Waals surface area contributed by atoms with Gasteiger partial charge in [0.05, 0.1) is 17.1 Å². The van der Waals surface area contributed by atoms with Crippen LogP contribution in [-0.2, 0) is 13.6 Å². The zero-order valence-electron chi connectivity index (χ0n) is 13.2. The van der Waals surface area contributed by atoms with Gasteiger partial charge in [-0.3, -0.25) is 9.48 Å². The maximum atomic E-state index is 12.4. The number of nitrogens with one attached hydrogen (secondary N) is 1. The Morgan fingerprint density at radius 2 is 2.04 bits per heavy atom. The first-order valence-corrected chi connectivity index (χ1v) is 8.07. The van der Waals surface area contributed by atoms with E-state index in [1.807, 2.05) is 13.1 Å². The first kappa shape index (κ1) is 15.7. The Morgan fingerprint density at radius 3 is 2.78 bits per heavy atom. The number of fused-ring (bicyclic) bond motifs is 1. The lowest BCUT2D eigenvalue weighted by Gasteiger charge is -2.08. The molecule has 0 aliphatic carbocycles. The minimum atomic E-state index is -0.202. The van der Waals surface area contributed by atoms with E-state index in [9.17, 15) is 4.79 Å². The van der Waals surface area contributed by atoms with Crippen molar-refractivity contribution in [3.05, 3.63) is 57.4 Å². The highest BCUT2D eigenvalue weighted by Crippen LogP contribution is 2.22. The summed E-state index contributed by atoms with van der Waals surface area (Å²) in [5.41, 5.74) is 4.77. The molecule has 0 unspecified atom stereocenters. The second kappa shape index (κ2) is 6.12. The number of hydrogen-bond donors (Lipinski definition) is 1. The molecule has 118 valence electrons. The van der Waals surface area contributed by atoms with E-state index in [4.69, 9.17) is 0 Å². The molecule has 0 radical (unpaired) electrons. The fourth-order valence-corrected chi connectivity index (χ4v) is 2.90. The van der Waals surface area contributed by atoms with Gasteiger partial charge < -0.3 is 5.32 Å². The van der Waals surface area contributed by atoms with Crippen molar-refractivity contribution >= 4 is 32.7 Å². The summed E-state index contributed by atoms with van der Waals surface area (Å²) in [7, 11) is 1.84. The van der Waals surface area contributed by atoms with Crippen LogP contribution in [0.15, 0.2) is 35.1 Å². The topological polar surface area (TPSA) is 59.8 Å². The number of aryl methyl sites for hydroxylation is 3. The SMILES string of the molecule is Cc1ccc(CNC(=O)c2cc3c(cnn3C)c(Br)n2)cc1C. The van der Waals surface area contributed by atoms with Gasteiger partial charge in [-0.1, -0.05) is 18.2 Å². The molecule has 0 fully saturated rings. The lowest BCUT2D eigenvalue weighted by atomic mass is 10.1. The van der Waals surface area contributed by atoms with Crippen LogP contribution in [0, 0.1) is 13.8 Å². The standard InChI is InChI=1S/C17H17BrN4O/c1-10-4-5-12(6-11(10)2)8-19-17(23)14-7-15-13(16(18)21-14)9-20-22(15)3/h4-7,9H,8H2,1-3H3,(H,19,23). The molecule has 3 rings (SSSR count). The Balaban J connectivity index is 1.80. The van der Waals surface area contributed by atoms with Crippen LogP contribution in [-0.4, -0.2) is 20.7 Å². The molecule has 0 saturated carbocycles. The number of carbonyl (C=O) groups is 1. The molecular formula is C17H17BrN4O. The summed E-state index contributed by atoms with van der Waals surface area (Å²) >= 11 is 3.40. The third-order valence-electron chi connectivity index (χ3n) is 3.96. The number of amides is 1. The van der Waals surface area contributed by atoms with Gasteiger partial charge in [0.15, 0.2) is 0 Å². The van der Waals surface area contributed by atoms with Crippen molar-refractivity contribution < 1.29 is 4.79 Å². The average molecular weight is 373 g/mol. The molecule has 2 heterocycles. The molecule has 0 aliphatic rings. The molecule has 3 aromatic rings. The molecule has 0 saturated heterocycles. The van der Waals surface area contributed by atoms with Gasteiger partial charge >= 0.3 is 0 Å². The van der Waals surface area contributed by atoms with Crippen molar-refractivity contribution in [1.82, 2.24) is 20.1 Å². The highest BCUT2D eigenvalue weighted by molar-refractivity contribution is 9.10. The van der Waals surface area contributed by atoms with Gasteiger partial charge in [0.1, 0.15) is 10.3 Å². The van der Waals surface area contributed by atoms with Crippen LogP contribution in [0.25, 0.3) is 10.9 Å². The summed E-state index contributed by atoms with van der Waals surface area (Å²) in [6, 6.07) is 7.93. The molecule has 2 aromatic heterocycles. The van der Waals surface area contributed by atoms with Gasteiger partial charge in [0, 0.05) is 13.6 Å². The van der Waals surface area contributed by atoms with E-state index in [2.05, 4.69) is 57.3 Å². The molecule has 5 nitrogen and oxygen atoms in total. The van der Waals surface area contributed by atoms with E-state index in [0.29, 0.717) is 16.8 Å². The molecule has 0 atom stereocenters. The van der Waals surface area contributed by atoms with Crippen LogP contribution in [0.4, 0.5) is 0 Å². The fraction of sp³-hybridized carbons (Fsp3) is 0.235. The van der Waals surface area contributed by atoms with Crippen LogP contribution < -0.4 is 5.32 Å². The second-order valence-electron chi connectivity index (χ2n) is 5.60. The minimum Gasteiger partial charge on any atom is -0.347 e. The molecule has 1 aromatic carbocycles. The Hall–Kier alpha value is -2.21. The Bertz CT molecular complexity index is 901. The maximum Gasteiger partial charge on any atom is 0.270 e. The highest BCUT2D eigenvalue weighted by Gasteiger charge is 2.13. The van der Waals surface area contributed by atoms with E-state index in [-0.39, 0.29) is 5.91 Å². The van der Waals surface area contributed by atoms with Crippen LogP contribution in [0.5, 0.6) is 0 Å². The van der Waals surface area contributed by atoms with E-state index >= 15 is 0 Å². The van der Waals surface area contributed by atoms with E-state index in [1.54, 1.807) is 16.9 Å². The van der Waals surface area contributed by atoms with Crippen LogP contribution in [0.3, 0.4) is 0 Å². The van der Waals surface area contributed by atoms with Gasteiger partial charge in [-0.05, 0) is 52.5 Å². The lowest BCUT2D eigenvalue weighted by Crippen LogP contribution is -2.24. The minimum absolute atomic E-state index is 0.202. The van der Waals surface area contributed by atoms with E-state index in [0.717, 1.165) is 16.5 Å². The highest BCUT2D eigenvalue weighted by atomic mass is 79.9. The van der Waals surface area contributed by atoms with Crippen LogP contribution in [0.1, 0.15) is 27.2 Å². The van der Waals surface area contributed by atoms with Crippen LogP contribution in [0.2, 0.25) is 0 Å². The molecule has 1 amide bonds. The Kier molecular flexibility index (Phi) is 4.17. The molecular weight excluding hydrogens is 356 g/mol. The zero-order valence-corrected chi connectivity index (χ0v) is 14.8. The molecule has 0 bridgehead atoms. The van der Waals surface area contributed by atoms with Gasteiger partial charge in [-0.2, -0.15) is 5.10 Å². The molecule has 0 spiro atoms. The van der Waals surface area contributed by atoms with Crippen molar-refractivity contribution in [2.45, 2.75) is 20.4 Å². The van der Waals surface area contributed by atoms with Gasteiger partial charge in [-0.25, -0.2) is 4.98 Å². The number of aromatic nitrogens is 3. The summed E-state index contributed by atoms with van der Waals surface area (Å²) < 4.78 is 2.35. The van der Waals surface area contributed by atoms with Crippen LogP contribution >= 0.6 is 15.9 Å². The summed E-state index contributed by atoms with van der Waals surface area (Å²) in [5.74, 6) is -0.202. The fourth-order valence-electron chi connectivity index (χ4n) is 2.41. The summed E-state index contributed by atoms with van der Waals surface area (Å²) in [4.78, 5) is 16.7. The van der Waals surface area contributed by atoms with Crippen molar-refractivity contribution in [2.75, 3.05) is 0 Å². The lowest BCUT2D eigenvalue weighted by molar-refractivity contribution is 0.0946. The molecule has 6 heteroatoms. The van der Waals surface area contributed by atoms with E-state index < -0.39 is 0 Å². The molecule has 23 heavy (non-hydrogen) atoms. The normalized spacial score (nSPS) is 11.0. The molecule has 0 aliphatic heterocycles. The first-order valence-electron chi connectivity index (χ1n) is 7.28. The zero-order chi connectivity index (χ0) is 16.6. The smallest absolute Gasteiger partial charge is 0.270 e. The number of nitrogens with zero attached hydrogens (tertiary/aromatic N) is 3. The van der Waals surface area contributed by atoms with Crippen molar-refractivity contribution in [2.24, 2.45) is 7.05 Å². The number of halogens is 1. The van der Waals surface area contributed by atoms with Gasteiger partial charge in [0.2, 0.25) is 0 Å². The van der Waals surface area contributed by atoms with Crippen molar-refractivity contribution in [3.63, 3.8) is 0 Å². The average Bonchev–Trinajstić information content (AvgIpc) is 2.90. The predicted octanol–water partition coefficient (Wildman–Crippen LogP) is 3.28. The summed E-state index contributed by atoms with van der Waals surface area (Å²) in [6.07, 6.45) is 1.73. The number of benzene rings is 1. The third-order valence-corrected chi connectivity index (χ3v) is 4.56. The first-order chi connectivity index (χ1) is 11.0. The Morgan fingerprint density at radius 1 is 1.26 bits per heavy atom. The summed E-state index contributed by atoms with van der Waals surface area (Å²) in [5, 5.41) is 7.98. The number of hydrogen-bond acceptors (Lipinski definition) is 3. The van der Waals surface area contributed by atoms with Gasteiger partial charge in [-0.15, -0.1) is 0 Å². The second-order valence-corrected chi connectivity index (χ2v) is 6.35. The monoisotopic (exact) mass is 372 g/mol. The number of rotatable bonds is 3. The van der Waals surface area contributed by atoms with Crippen molar-refractivity contribution in [3.8, 4) is 0 Å². The third kappa shape index (κ3) is 3.12. The summed E-state index contributed by atoms with van der Waals surface area (Å²) in [6.45, 7) is 4.61. The molecule has 1 N–H and O–H groups in total. The number of pyridine rings is 1. The predicted molar refractivity (Wildman–Crippen MR) is 93.3 cm³/mol.